The van der Waals surface area contributed by atoms with Crippen molar-refractivity contribution in [1.82, 2.24) is 15.0 Å². The second-order valence-electron chi connectivity index (χ2n) is 4.05. The van der Waals surface area contributed by atoms with Crippen LogP contribution >= 0.6 is 57.6 Å². The van der Waals surface area contributed by atoms with E-state index in [2.05, 4.69) is 15.0 Å². The van der Waals surface area contributed by atoms with E-state index in [-0.39, 0.29) is 11.0 Å². The first kappa shape index (κ1) is 15.9. The van der Waals surface area contributed by atoms with Crippen molar-refractivity contribution < 1.29 is 4.42 Å². The average Bonchev–Trinajstić information content (AvgIpc) is 3.01. The molecule has 2 aromatic heterocycles. The molecule has 0 unspecified atom stereocenters. The Morgan fingerprint density at radius 1 is 1.23 bits per heavy atom. The van der Waals surface area contributed by atoms with E-state index in [1.54, 1.807) is 6.20 Å². The Bertz CT molecular complexity index is 829. The normalized spacial score (nSPS) is 10.9. The molecule has 0 atom stereocenters. The van der Waals surface area contributed by atoms with Crippen LogP contribution in [0.4, 0.5) is 5.82 Å². The van der Waals surface area contributed by atoms with Gasteiger partial charge in [-0.1, -0.05) is 41.0 Å². The van der Waals surface area contributed by atoms with Gasteiger partial charge in [0.2, 0.25) is 5.89 Å². The number of halogens is 3. The first-order valence-corrected chi connectivity index (χ1v) is 8.56. The minimum Gasteiger partial charge on any atom is -0.444 e. The highest BCUT2D eigenvalue weighted by Gasteiger charge is 2.15. The van der Waals surface area contributed by atoms with Crippen LogP contribution in [0.25, 0.3) is 11.5 Å². The lowest BCUT2D eigenvalue weighted by Gasteiger charge is -2.08. The van der Waals surface area contributed by atoms with Crippen LogP contribution in [0.5, 0.6) is 0 Å². The minimum atomic E-state index is 0.257. The number of aromatic nitrogens is 3. The first-order chi connectivity index (χ1) is 10.6. The summed E-state index contributed by atoms with van der Waals surface area (Å²) in [4.78, 5) is 13.3. The summed E-state index contributed by atoms with van der Waals surface area (Å²) < 4.78 is 5.87. The van der Waals surface area contributed by atoms with Gasteiger partial charge in [0, 0.05) is 4.90 Å². The van der Waals surface area contributed by atoms with Crippen LogP contribution in [0.15, 0.2) is 45.0 Å². The number of benzene rings is 1. The molecule has 0 radical (unpaired) electrons. The standard InChI is InChI=1S/C13H7Cl2IN4OS/c14-8-6(12-18-4-5-21-12)2-1-3-7(8)22-13-11(17)19-9(15)10(16)20-13/h1-5H,(H2,17,19). The Morgan fingerprint density at radius 3 is 2.77 bits per heavy atom. The van der Waals surface area contributed by atoms with Gasteiger partial charge >= 0.3 is 0 Å². The summed E-state index contributed by atoms with van der Waals surface area (Å²) >= 11 is 15.6. The van der Waals surface area contributed by atoms with Gasteiger partial charge in [-0.3, -0.25) is 0 Å². The summed E-state index contributed by atoms with van der Waals surface area (Å²) in [6.45, 7) is 0. The third kappa shape index (κ3) is 3.17. The summed E-state index contributed by atoms with van der Waals surface area (Å²) in [5, 5.41) is 1.34. The van der Waals surface area contributed by atoms with Gasteiger partial charge in [-0.2, -0.15) is 0 Å². The van der Waals surface area contributed by atoms with Gasteiger partial charge in [0.05, 0.1) is 16.8 Å². The highest BCUT2D eigenvalue weighted by Crippen LogP contribution is 2.39. The number of nitrogen functional groups attached to an aromatic ring is 1. The van der Waals surface area contributed by atoms with E-state index < -0.39 is 0 Å². The van der Waals surface area contributed by atoms with Crippen LogP contribution in [-0.4, -0.2) is 15.0 Å². The van der Waals surface area contributed by atoms with E-state index in [4.69, 9.17) is 33.4 Å². The molecule has 0 amide bonds. The fourth-order valence-electron chi connectivity index (χ4n) is 1.68. The van der Waals surface area contributed by atoms with E-state index in [1.165, 1.54) is 18.0 Å². The van der Waals surface area contributed by atoms with Crippen molar-refractivity contribution >= 4 is 63.4 Å². The molecule has 0 bridgehead atoms. The smallest absolute Gasteiger partial charge is 0.227 e. The minimum absolute atomic E-state index is 0.257. The van der Waals surface area contributed by atoms with Gasteiger partial charge in [0.15, 0.2) is 11.0 Å². The van der Waals surface area contributed by atoms with Crippen LogP contribution in [0.1, 0.15) is 0 Å². The molecule has 112 valence electrons. The molecule has 0 saturated heterocycles. The molecule has 0 aliphatic carbocycles. The molecule has 2 heterocycles. The van der Waals surface area contributed by atoms with E-state index in [0.29, 0.717) is 25.2 Å². The van der Waals surface area contributed by atoms with Gasteiger partial charge < -0.3 is 10.2 Å². The molecule has 0 spiro atoms. The fraction of sp³-hybridized carbons (Fsp3) is 0. The van der Waals surface area contributed by atoms with Crippen molar-refractivity contribution in [3.63, 3.8) is 0 Å². The predicted molar refractivity (Wildman–Crippen MR) is 95.2 cm³/mol. The quantitative estimate of drug-likeness (QED) is 0.562. The number of anilines is 1. The van der Waals surface area contributed by atoms with Crippen LogP contribution < -0.4 is 5.73 Å². The van der Waals surface area contributed by atoms with Gasteiger partial charge in [-0.05, 0) is 34.7 Å². The van der Waals surface area contributed by atoms with Crippen molar-refractivity contribution in [1.29, 1.82) is 0 Å². The maximum atomic E-state index is 6.44. The highest BCUT2D eigenvalue weighted by atomic mass is 127. The molecular weight excluding hydrogens is 458 g/mol. The predicted octanol–water partition coefficient (Wildman–Crippen LogP) is 4.78. The molecule has 2 N–H and O–H groups in total. The van der Waals surface area contributed by atoms with Crippen molar-refractivity contribution in [2.75, 3.05) is 5.73 Å². The number of hydrogen-bond acceptors (Lipinski definition) is 6. The zero-order valence-electron chi connectivity index (χ0n) is 10.8. The first-order valence-electron chi connectivity index (χ1n) is 5.91. The third-order valence-corrected chi connectivity index (χ3v) is 5.55. The topological polar surface area (TPSA) is 77.8 Å². The molecule has 1 aromatic carbocycles. The lowest BCUT2D eigenvalue weighted by molar-refractivity contribution is 0.574. The number of hydrogen-bond donors (Lipinski definition) is 1. The second kappa shape index (κ2) is 6.61. The molecule has 3 aromatic rings. The Balaban J connectivity index is 2.00. The monoisotopic (exact) mass is 464 g/mol. The molecular formula is C13H7Cl2IN4OS. The van der Waals surface area contributed by atoms with E-state index in [9.17, 15) is 0 Å². The van der Waals surface area contributed by atoms with Gasteiger partial charge in [0.25, 0.3) is 0 Å². The van der Waals surface area contributed by atoms with E-state index in [1.807, 2.05) is 40.8 Å². The van der Waals surface area contributed by atoms with Gasteiger partial charge in [-0.15, -0.1) is 0 Å². The van der Waals surface area contributed by atoms with E-state index >= 15 is 0 Å². The zero-order valence-corrected chi connectivity index (χ0v) is 15.2. The molecule has 5 nitrogen and oxygen atoms in total. The summed E-state index contributed by atoms with van der Waals surface area (Å²) in [7, 11) is 0. The molecule has 3 rings (SSSR count). The fourth-order valence-corrected chi connectivity index (χ4v) is 3.51. The molecule has 22 heavy (non-hydrogen) atoms. The summed E-state index contributed by atoms with van der Waals surface area (Å²) in [6.07, 6.45) is 3.06. The number of rotatable bonds is 3. The largest absolute Gasteiger partial charge is 0.444 e. The van der Waals surface area contributed by atoms with Crippen molar-refractivity contribution in [2.45, 2.75) is 9.92 Å². The van der Waals surface area contributed by atoms with Crippen molar-refractivity contribution in [2.24, 2.45) is 0 Å². The number of nitrogens with zero attached hydrogens (tertiary/aromatic N) is 3. The summed E-state index contributed by atoms with van der Waals surface area (Å²) in [5.74, 6) is 0.713. The van der Waals surface area contributed by atoms with Crippen LogP contribution in [-0.2, 0) is 0 Å². The van der Waals surface area contributed by atoms with Crippen LogP contribution in [0, 0.1) is 3.70 Å². The van der Waals surface area contributed by atoms with Crippen molar-refractivity contribution in [3.8, 4) is 11.5 Å². The summed E-state index contributed by atoms with van der Waals surface area (Å²) in [5.41, 5.74) is 6.57. The Morgan fingerprint density at radius 2 is 2.05 bits per heavy atom. The highest BCUT2D eigenvalue weighted by molar-refractivity contribution is 14.1. The van der Waals surface area contributed by atoms with Gasteiger partial charge in [0.1, 0.15) is 15.0 Å². The SMILES string of the molecule is Nc1nc(Cl)c(I)nc1Sc1cccc(-c2ncco2)c1Cl. The van der Waals surface area contributed by atoms with E-state index in [0.717, 1.165) is 4.90 Å². The lowest BCUT2D eigenvalue weighted by atomic mass is 10.2. The van der Waals surface area contributed by atoms with Crippen LogP contribution in [0.3, 0.4) is 0 Å². The number of oxazole rings is 1. The zero-order chi connectivity index (χ0) is 15.7. The lowest BCUT2D eigenvalue weighted by Crippen LogP contribution is -1.99. The molecule has 0 aliphatic rings. The third-order valence-electron chi connectivity index (χ3n) is 2.64. The van der Waals surface area contributed by atoms with Gasteiger partial charge in [-0.25, -0.2) is 15.0 Å². The Hall–Kier alpha value is -1.03. The Labute approximate surface area is 153 Å². The molecule has 0 saturated carbocycles. The second-order valence-corrected chi connectivity index (χ2v) is 6.84. The molecule has 0 aliphatic heterocycles. The van der Waals surface area contributed by atoms with Crippen LogP contribution in [0.2, 0.25) is 10.2 Å². The number of nitrogens with two attached hydrogens (primary N) is 1. The molecule has 9 heteroatoms. The Kier molecular flexibility index (Phi) is 4.76. The average molecular weight is 465 g/mol. The molecule has 0 fully saturated rings. The maximum Gasteiger partial charge on any atom is 0.227 e. The maximum absolute atomic E-state index is 6.44. The van der Waals surface area contributed by atoms with Crippen molar-refractivity contribution in [3.05, 3.63) is 44.5 Å². The summed E-state index contributed by atoms with van der Waals surface area (Å²) in [6, 6.07) is 5.55.